The number of allylic oxidation sites excluding steroid dienone is 4. The lowest BCUT2D eigenvalue weighted by molar-refractivity contribution is 1.18. The molecule has 0 spiro atoms. The zero-order chi connectivity index (χ0) is 37.9. The molecule has 8 aromatic carbocycles. The van der Waals surface area contributed by atoms with E-state index >= 15 is 0 Å². The van der Waals surface area contributed by atoms with Gasteiger partial charge < -0.3 is 9.13 Å². The van der Waals surface area contributed by atoms with Crippen molar-refractivity contribution in [3.05, 3.63) is 216 Å². The van der Waals surface area contributed by atoms with Crippen molar-refractivity contribution in [3.8, 4) is 44.8 Å². The first-order valence-electron chi connectivity index (χ1n) is 19.4. The van der Waals surface area contributed by atoms with Crippen LogP contribution in [0.15, 0.2) is 205 Å². The summed E-state index contributed by atoms with van der Waals surface area (Å²) >= 11 is 3.66. The van der Waals surface area contributed by atoms with E-state index in [0.29, 0.717) is 0 Å². The Morgan fingerprint density at radius 2 is 0.842 bits per heavy atom. The summed E-state index contributed by atoms with van der Waals surface area (Å²) in [5, 5.41) is 4.98. The number of hydrogen-bond acceptors (Lipinski definition) is 0. The van der Waals surface area contributed by atoms with Crippen molar-refractivity contribution in [2.24, 2.45) is 0 Å². The van der Waals surface area contributed by atoms with Gasteiger partial charge in [0.1, 0.15) is 0 Å². The molecule has 0 saturated heterocycles. The number of benzene rings is 8. The van der Waals surface area contributed by atoms with Crippen LogP contribution in [0, 0.1) is 0 Å². The van der Waals surface area contributed by atoms with Gasteiger partial charge in [0, 0.05) is 37.4 Å². The minimum absolute atomic E-state index is 1.07. The summed E-state index contributed by atoms with van der Waals surface area (Å²) in [5.41, 5.74) is 16.6. The minimum atomic E-state index is 1.07. The molecule has 0 radical (unpaired) electrons. The van der Waals surface area contributed by atoms with E-state index < -0.39 is 0 Å². The van der Waals surface area contributed by atoms with Gasteiger partial charge in [0.25, 0.3) is 0 Å². The summed E-state index contributed by atoms with van der Waals surface area (Å²) in [6, 6.07) is 64.6. The average molecular weight is 792 g/mol. The largest absolute Gasteiger partial charge is 0.309 e. The van der Waals surface area contributed by atoms with E-state index in [2.05, 4.69) is 237 Å². The smallest absolute Gasteiger partial charge is 0.0547 e. The number of nitrogens with zero attached hydrogens (tertiary/aromatic N) is 2. The fraction of sp³-hybridized carbons (Fsp3) is 0. The van der Waals surface area contributed by atoms with Crippen LogP contribution in [-0.4, -0.2) is 9.13 Å². The predicted molar refractivity (Wildman–Crippen MR) is 246 cm³/mol. The molecule has 0 aliphatic heterocycles. The Labute approximate surface area is 339 Å². The number of rotatable bonds is 5. The molecule has 10 aromatic rings. The molecule has 2 aromatic heterocycles. The molecule has 1 aliphatic carbocycles. The van der Waals surface area contributed by atoms with Crippen molar-refractivity contribution in [2.75, 3.05) is 0 Å². The normalized spacial score (nSPS) is 14.1. The van der Waals surface area contributed by atoms with Gasteiger partial charge in [-0.1, -0.05) is 143 Å². The lowest BCUT2D eigenvalue weighted by Gasteiger charge is -2.14. The zero-order valence-electron chi connectivity index (χ0n) is 31.0. The van der Waals surface area contributed by atoms with Crippen LogP contribution in [0.2, 0.25) is 0 Å². The Balaban J connectivity index is 1.10. The topological polar surface area (TPSA) is 9.86 Å². The maximum atomic E-state index is 3.66. The fourth-order valence-electron chi connectivity index (χ4n) is 8.65. The highest BCUT2D eigenvalue weighted by atomic mass is 79.9. The second kappa shape index (κ2) is 13.7. The van der Waals surface area contributed by atoms with Gasteiger partial charge in [0.2, 0.25) is 0 Å². The van der Waals surface area contributed by atoms with Crippen molar-refractivity contribution >= 4 is 71.7 Å². The minimum Gasteiger partial charge on any atom is -0.309 e. The second-order valence-corrected chi connectivity index (χ2v) is 15.6. The molecule has 2 heterocycles. The maximum Gasteiger partial charge on any atom is 0.0547 e. The van der Waals surface area contributed by atoms with Gasteiger partial charge in [-0.05, 0) is 129 Å². The van der Waals surface area contributed by atoms with Crippen molar-refractivity contribution in [2.45, 2.75) is 0 Å². The average Bonchev–Trinajstić information content (AvgIpc) is 3.76. The van der Waals surface area contributed by atoms with E-state index in [-0.39, 0.29) is 0 Å². The van der Waals surface area contributed by atoms with Gasteiger partial charge in [-0.3, -0.25) is 0 Å². The van der Waals surface area contributed by atoms with Gasteiger partial charge in [-0.2, -0.15) is 0 Å². The molecule has 0 N–H and O–H groups in total. The molecular formula is C54H35BrN2. The van der Waals surface area contributed by atoms with Crippen LogP contribution >= 0.6 is 15.9 Å². The van der Waals surface area contributed by atoms with Crippen molar-refractivity contribution < 1.29 is 0 Å². The summed E-state index contributed by atoms with van der Waals surface area (Å²) in [7, 11) is 0. The van der Waals surface area contributed by atoms with Crippen LogP contribution in [0.3, 0.4) is 0 Å². The lowest BCUT2D eigenvalue weighted by Crippen LogP contribution is -1.95. The first-order valence-corrected chi connectivity index (χ1v) is 20.2. The van der Waals surface area contributed by atoms with E-state index in [9.17, 15) is 0 Å². The summed E-state index contributed by atoms with van der Waals surface area (Å²) < 4.78 is 5.87. The Bertz CT molecular complexity index is 3280. The molecule has 57 heavy (non-hydrogen) atoms. The molecule has 3 heteroatoms. The molecule has 2 nitrogen and oxygen atoms in total. The van der Waals surface area contributed by atoms with Crippen LogP contribution in [-0.2, 0) is 0 Å². The molecule has 11 rings (SSSR count). The van der Waals surface area contributed by atoms with Crippen molar-refractivity contribution in [1.82, 2.24) is 9.13 Å². The molecule has 1 aliphatic rings. The van der Waals surface area contributed by atoms with E-state index in [1.54, 1.807) is 0 Å². The quantitative estimate of drug-likeness (QED) is 0.164. The maximum absolute atomic E-state index is 3.66. The first-order chi connectivity index (χ1) is 28.2. The molecular weight excluding hydrogens is 757 g/mol. The first kappa shape index (κ1) is 33.4. The molecule has 0 saturated carbocycles. The summed E-state index contributed by atoms with van der Waals surface area (Å²) in [5.74, 6) is 0. The summed E-state index contributed by atoms with van der Waals surface area (Å²) in [6.07, 6.45) is 12.7. The Morgan fingerprint density at radius 3 is 1.58 bits per heavy atom. The van der Waals surface area contributed by atoms with Gasteiger partial charge in [0.15, 0.2) is 0 Å². The third kappa shape index (κ3) is 5.78. The number of halogens is 1. The SMILES string of the molecule is Brc1ccc(-c2cc(-c3ccc4c(c3)c3ccccc3n4-c3ccc4c(c3)\C=C/C=C/C=C/4)cc(-c3ccc4c5ccccc5n(-c5ccccc5)c4c3)c2)cc1. The van der Waals surface area contributed by atoms with Crippen LogP contribution in [0.5, 0.6) is 0 Å². The summed E-state index contributed by atoms with van der Waals surface area (Å²) in [6.45, 7) is 0. The lowest BCUT2D eigenvalue weighted by atomic mass is 9.92. The van der Waals surface area contributed by atoms with E-state index in [1.807, 2.05) is 0 Å². The monoisotopic (exact) mass is 790 g/mol. The molecule has 0 fully saturated rings. The molecule has 268 valence electrons. The molecule has 0 unspecified atom stereocenters. The van der Waals surface area contributed by atoms with E-state index in [4.69, 9.17) is 0 Å². The Morgan fingerprint density at radius 1 is 0.298 bits per heavy atom. The van der Waals surface area contributed by atoms with Crippen molar-refractivity contribution in [1.29, 1.82) is 0 Å². The highest BCUT2D eigenvalue weighted by Gasteiger charge is 2.17. The predicted octanol–water partition coefficient (Wildman–Crippen LogP) is 15.2. The highest BCUT2D eigenvalue weighted by molar-refractivity contribution is 9.10. The van der Waals surface area contributed by atoms with Crippen molar-refractivity contribution in [3.63, 3.8) is 0 Å². The molecule has 0 bridgehead atoms. The fourth-order valence-corrected chi connectivity index (χ4v) is 8.91. The van der Waals surface area contributed by atoms with Crippen LogP contribution in [0.4, 0.5) is 0 Å². The third-order valence-electron chi connectivity index (χ3n) is 11.4. The third-order valence-corrected chi connectivity index (χ3v) is 11.9. The van der Waals surface area contributed by atoms with Crippen LogP contribution < -0.4 is 0 Å². The van der Waals surface area contributed by atoms with Gasteiger partial charge in [0.05, 0.1) is 22.1 Å². The number of para-hydroxylation sites is 3. The number of fused-ring (bicyclic) bond motifs is 7. The standard InChI is InChI=1S/C54H35BrN2/c55-44-25-20-37(21-26-44)41-30-42(32-43(31-41)40-23-28-49-47-16-8-10-18-51(47)56(54(49)35-40)45-14-6-3-7-15-45)39-24-29-53-50(34-39)48-17-9-11-19-52(48)57(53)46-27-22-36-12-4-1-2-5-13-38(36)33-46/h1-35H/b2-1+,4-1?,5-2?,12-4+,13-5-,36-12?,38-13?. The molecule has 0 atom stereocenters. The van der Waals surface area contributed by atoms with Crippen LogP contribution in [0.1, 0.15) is 11.1 Å². The molecule has 0 amide bonds. The van der Waals surface area contributed by atoms with E-state index in [0.717, 1.165) is 15.8 Å². The van der Waals surface area contributed by atoms with Gasteiger partial charge in [-0.15, -0.1) is 0 Å². The second-order valence-electron chi connectivity index (χ2n) is 14.7. The van der Waals surface area contributed by atoms with E-state index in [1.165, 1.54) is 88.1 Å². The van der Waals surface area contributed by atoms with Gasteiger partial charge >= 0.3 is 0 Å². The van der Waals surface area contributed by atoms with Gasteiger partial charge in [-0.25, -0.2) is 0 Å². The summed E-state index contributed by atoms with van der Waals surface area (Å²) in [4.78, 5) is 0. The Hall–Kier alpha value is -6.94. The number of hydrogen-bond donors (Lipinski definition) is 0. The zero-order valence-corrected chi connectivity index (χ0v) is 32.6. The van der Waals surface area contributed by atoms with Crippen LogP contribution in [0.25, 0.3) is 101 Å². The Kier molecular flexibility index (Phi) is 8.01. The highest BCUT2D eigenvalue weighted by Crippen LogP contribution is 2.40. The number of aromatic nitrogens is 2.